The molecule has 0 spiro atoms. The first-order valence-electron chi connectivity index (χ1n) is 13.1. The van der Waals surface area contributed by atoms with Crippen LogP contribution in [-0.2, 0) is 4.79 Å². The molecule has 0 radical (unpaired) electrons. The summed E-state index contributed by atoms with van der Waals surface area (Å²) in [6.07, 6.45) is 3.49. The number of amides is 2. The number of nitrogens with zero attached hydrogens (tertiary/aromatic N) is 3. The molecule has 43 heavy (non-hydrogen) atoms. The number of fused-ring (bicyclic) bond motifs is 1. The van der Waals surface area contributed by atoms with Gasteiger partial charge in [-0.05, 0) is 55.7 Å². The van der Waals surface area contributed by atoms with Gasteiger partial charge in [0.25, 0.3) is 11.8 Å². The van der Waals surface area contributed by atoms with E-state index in [1.165, 1.54) is 24.3 Å². The maximum Gasteiger partial charge on any atom is 0.326 e. The Morgan fingerprint density at radius 2 is 1.86 bits per heavy atom. The number of hydrogen-bond acceptors (Lipinski definition) is 7. The molecule has 0 unspecified atom stereocenters. The van der Waals surface area contributed by atoms with Crippen molar-refractivity contribution in [1.82, 2.24) is 20.3 Å². The molecular weight excluding hydrogens is 593 g/mol. The summed E-state index contributed by atoms with van der Waals surface area (Å²) in [5.74, 6) is 10.0. The zero-order valence-corrected chi connectivity index (χ0v) is 24.5. The first kappa shape index (κ1) is 31.3. The molecule has 1 fully saturated rings. The van der Waals surface area contributed by atoms with Crippen molar-refractivity contribution >= 4 is 52.7 Å². The van der Waals surface area contributed by atoms with Gasteiger partial charge in [0.2, 0.25) is 5.88 Å². The van der Waals surface area contributed by atoms with Crippen molar-refractivity contribution in [2.45, 2.75) is 25.3 Å². The molecule has 0 saturated carbocycles. The van der Waals surface area contributed by atoms with Crippen molar-refractivity contribution in [1.29, 1.82) is 0 Å². The Morgan fingerprint density at radius 3 is 2.53 bits per heavy atom. The number of aliphatic carboxylic acids is 1. The van der Waals surface area contributed by atoms with Crippen LogP contribution in [0.3, 0.4) is 0 Å². The van der Waals surface area contributed by atoms with Crippen LogP contribution in [0, 0.1) is 11.8 Å². The van der Waals surface area contributed by atoms with Gasteiger partial charge in [0.15, 0.2) is 0 Å². The zero-order chi connectivity index (χ0) is 29.8. The number of aromatic nitrogens is 2. The first-order valence-corrected chi connectivity index (χ1v) is 13.5. The quantitative estimate of drug-likeness (QED) is 0.128. The molecule has 2 aromatic heterocycles. The maximum atomic E-state index is 13.0. The third-order valence-electron chi connectivity index (χ3n) is 7.04. The van der Waals surface area contributed by atoms with E-state index in [1.807, 2.05) is 24.3 Å². The Labute approximate surface area is 258 Å². The second-order valence-corrected chi connectivity index (χ2v) is 10.0. The molecule has 10 nitrogen and oxygen atoms in total. The van der Waals surface area contributed by atoms with Crippen LogP contribution in [0.15, 0.2) is 60.8 Å². The van der Waals surface area contributed by atoms with Gasteiger partial charge in [0, 0.05) is 46.4 Å². The highest BCUT2D eigenvalue weighted by Crippen LogP contribution is 2.27. The number of halogens is 2. The van der Waals surface area contributed by atoms with Crippen LogP contribution < -0.4 is 16.0 Å². The zero-order valence-electron chi connectivity index (χ0n) is 23.0. The summed E-state index contributed by atoms with van der Waals surface area (Å²) in [6.45, 7) is 0.395. The topological polar surface area (TPSA) is 148 Å². The van der Waals surface area contributed by atoms with Gasteiger partial charge < -0.3 is 14.7 Å². The maximum absolute atomic E-state index is 13.0. The predicted octanol–water partition coefficient (Wildman–Crippen LogP) is 4.46. The molecule has 1 aliphatic rings. The molecule has 0 aliphatic carbocycles. The number of hydrazine groups is 1. The van der Waals surface area contributed by atoms with Crippen molar-refractivity contribution in [3.63, 3.8) is 0 Å². The fourth-order valence-electron chi connectivity index (χ4n) is 4.84. The van der Waals surface area contributed by atoms with Crippen molar-refractivity contribution in [2.75, 3.05) is 13.7 Å². The summed E-state index contributed by atoms with van der Waals surface area (Å²) in [4.78, 5) is 47.3. The van der Waals surface area contributed by atoms with Gasteiger partial charge >= 0.3 is 5.97 Å². The highest BCUT2D eigenvalue weighted by molar-refractivity contribution is 6.32. The number of benzene rings is 2. The molecular formula is C31H27Cl2N5O5. The lowest BCUT2D eigenvalue weighted by atomic mass is 10.0. The van der Waals surface area contributed by atoms with E-state index in [1.54, 1.807) is 24.3 Å². The van der Waals surface area contributed by atoms with Gasteiger partial charge in [-0.25, -0.2) is 20.6 Å². The van der Waals surface area contributed by atoms with Gasteiger partial charge in [0.05, 0.1) is 28.9 Å². The molecule has 4 aromatic rings. The van der Waals surface area contributed by atoms with Crippen LogP contribution in [0.4, 0.5) is 0 Å². The summed E-state index contributed by atoms with van der Waals surface area (Å²) >= 11 is 6.45. The summed E-state index contributed by atoms with van der Waals surface area (Å²) in [7, 11) is 1.50. The van der Waals surface area contributed by atoms with Crippen LogP contribution in [0.2, 0.25) is 5.02 Å². The fourth-order valence-corrected chi connectivity index (χ4v) is 5.07. The van der Waals surface area contributed by atoms with E-state index in [2.05, 4.69) is 27.2 Å². The number of hydrogen-bond donors (Lipinski definition) is 3. The molecule has 220 valence electrons. The minimum absolute atomic E-state index is 0. The van der Waals surface area contributed by atoms with Gasteiger partial charge in [-0.15, -0.1) is 12.4 Å². The Kier molecular flexibility index (Phi) is 9.83. The molecule has 1 aliphatic heterocycles. The fraction of sp³-hybridized carbons (Fsp3) is 0.194. The number of carboxylic acids is 1. The third kappa shape index (κ3) is 6.70. The lowest BCUT2D eigenvalue weighted by molar-refractivity contribution is -0.143. The largest absolute Gasteiger partial charge is 0.481 e. The lowest BCUT2D eigenvalue weighted by Crippen LogP contribution is -2.47. The van der Waals surface area contributed by atoms with Crippen molar-refractivity contribution in [3.05, 3.63) is 88.1 Å². The van der Waals surface area contributed by atoms with Crippen molar-refractivity contribution < 1.29 is 24.2 Å². The number of carbonyl (C=O) groups is 3. The Bertz CT molecular complexity index is 1770. The number of carboxylic acid groups (broad SMARTS) is 1. The number of methoxy groups -OCH3 is 1. The third-order valence-corrected chi connectivity index (χ3v) is 7.35. The standard InChI is InChI=1S/C31H26ClN5O5.ClH/c1-42-28-16-26-23(17-34-28)22(29(38)36-33)15-25(35-26)20-9-6-18(7-10-20)5-8-19-11-12-21(14-24(19)32)30(39)37-13-3-2-4-27(37)31(40)41;/h6-7,9-12,14-17,27H,2-4,13,33H2,1H3,(H,36,38)(H,40,41);1H/t27-;/m0./s1. The van der Waals surface area contributed by atoms with Gasteiger partial charge in [-0.3, -0.25) is 15.0 Å². The molecule has 4 N–H and O–H groups in total. The highest BCUT2D eigenvalue weighted by atomic mass is 35.5. The van der Waals surface area contributed by atoms with Gasteiger partial charge in [-0.2, -0.15) is 0 Å². The summed E-state index contributed by atoms with van der Waals surface area (Å²) < 4.78 is 5.20. The van der Waals surface area contributed by atoms with Crippen LogP contribution >= 0.6 is 24.0 Å². The van der Waals surface area contributed by atoms with E-state index in [0.29, 0.717) is 62.7 Å². The van der Waals surface area contributed by atoms with E-state index in [-0.39, 0.29) is 18.3 Å². The number of nitrogens with one attached hydrogen (secondary N) is 1. The second kappa shape index (κ2) is 13.5. The molecule has 1 saturated heterocycles. The number of pyridine rings is 2. The van der Waals surface area contributed by atoms with E-state index < -0.39 is 17.9 Å². The van der Waals surface area contributed by atoms with Crippen molar-refractivity contribution in [3.8, 4) is 29.0 Å². The number of carbonyl (C=O) groups excluding carboxylic acids is 2. The Balaban J connectivity index is 0.00000423. The number of nitrogens with two attached hydrogens (primary N) is 1. The van der Waals surface area contributed by atoms with Crippen LogP contribution in [-0.4, -0.2) is 57.5 Å². The van der Waals surface area contributed by atoms with E-state index in [4.69, 9.17) is 22.2 Å². The second-order valence-electron chi connectivity index (χ2n) is 9.64. The van der Waals surface area contributed by atoms with E-state index in [9.17, 15) is 19.5 Å². The minimum Gasteiger partial charge on any atom is -0.481 e. The first-order chi connectivity index (χ1) is 20.3. The van der Waals surface area contributed by atoms with Crippen LogP contribution in [0.25, 0.3) is 22.2 Å². The molecule has 5 rings (SSSR count). The molecule has 1 atom stereocenters. The molecule has 0 bridgehead atoms. The normalized spacial score (nSPS) is 14.2. The molecule has 2 aromatic carbocycles. The molecule has 12 heteroatoms. The number of nitrogen functional groups attached to an aromatic ring is 1. The number of likely N-dealkylation sites (tertiary alicyclic amines) is 1. The highest BCUT2D eigenvalue weighted by Gasteiger charge is 2.32. The summed E-state index contributed by atoms with van der Waals surface area (Å²) in [5.41, 5.74) is 5.87. The predicted molar refractivity (Wildman–Crippen MR) is 164 cm³/mol. The van der Waals surface area contributed by atoms with E-state index in [0.717, 1.165) is 18.4 Å². The lowest BCUT2D eigenvalue weighted by Gasteiger charge is -2.33. The summed E-state index contributed by atoms with van der Waals surface area (Å²) in [5, 5.41) is 10.3. The summed E-state index contributed by atoms with van der Waals surface area (Å²) in [6, 6.07) is 14.6. The van der Waals surface area contributed by atoms with Gasteiger partial charge in [-0.1, -0.05) is 35.6 Å². The Hall–Kier alpha value is -4.69. The Morgan fingerprint density at radius 1 is 1.09 bits per heavy atom. The SMILES string of the molecule is COc1cc2nc(-c3ccc(C#Cc4ccc(C(=O)N5CCCC[C@H]5C(=O)O)cc4Cl)cc3)cc(C(=O)NN)c2cn1.Cl. The number of ether oxygens (including phenoxy) is 1. The monoisotopic (exact) mass is 619 g/mol. The smallest absolute Gasteiger partial charge is 0.326 e. The van der Waals surface area contributed by atoms with Crippen LogP contribution in [0.5, 0.6) is 5.88 Å². The van der Waals surface area contributed by atoms with Gasteiger partial charge in [0.1, 0.15) is 6.04 Å². The number of rotatable bonds is 5. The average molecular weight is 620 g/mol. The van der Waals surface area contributed by atoms with Crippen molar-refractivity contribution in [2.24, 2.45) is 5.84 Å². The molecule has 2 amide bonds. The van der Waals surface area contributed by atoms with E-state index >= 15 is 0 Å². The average Bonchev–Trinajstić information content (AvgIpc) is 3.02. The molecule has 3 heterocycles. The number of piperidine rings is 1. The minimum atomic E-state index is -1.00. The van der Waals surface area contributed by atoms with Crippen LogP contribution in [0.1, 0.15) is 51.1 Å².